The lowest BCUT2D eigenvalue weighted by molar-refractivity contribution is -0.136. The summed E-state index contributed by atoms with van der Waals surface area (Å²) in [6, 6.07) is 7.05. The average Bonchev–Trinajstić information content (AvgIpc) is 2.26. The summed E-state index contributed by atoms with van der Waals surface area (Å²) in [5, 5.41) is 0.547. The van der Waals surface area contributed by atoms with Crippen molar-refractivity contribution in [2.24, 2.45) is 0 Å². The van der Waals surface area contributed by atoms with E-state index in [1.807, 2.05) is 0 Å². The Labute approximate surface area is 113 Å². The molecule has 0 saturated heterocycles. The fourth-order valence-electron chi connectivity index (χ4n) is 1.28. The Morgan fingerprint density at radius 1 is 1.28 bits per heavy atom. The van der Waals surface area contributed by atoms with Gasteiger partial charge in [0.05, 0.1) is 10.8 Å². The van der Waals surface area contributed by atoms with Gasteiger partial charge in [0.2, 0.25) is 0 Å². The minimum absolute atomic E-state index is 0.0447. The van der Waals surface area contributed by atoms with Gasteiger partial charge in [-0.1, -0.05) is 23.7 Å². The highest BCUT2D eigenvalue weighted by Gasteiger charge is 2.26. The van der Waals surface area contributed by atoms with E-state index in [1.54, 1.807) is 24.3 Å². The molecule has 6 heteroatoms. The van der Waals surface area contributed by atoms with Crippen LogP contribution in [-0.4, -0.2) is 17.7 Å². The van der Waals surface area contributed by atoms with E-state index in [4.69, 9.17) is 11.6 Å². The summed E-state index contributed by atoms with van der Waals surface area (Å²) in [6.45, 7) is 0. The summed E-state index contributed by atoms with van der Waals surface area (Å²) in [7, 11) is 0. The predicted molar refractivity (Wildman–Crippen MR) is 67.1 cm³/mol. The van der Waals surface area contributed by atoms with Crippen molar-refractivity contribution in [3.05, 3.63) is 29.3 Å². The molecule has 0 atom stereocenters. The van der Waals surface area contributed by atoms with Gasteiger partial charge in [-0.2, -0.15) is 13.2 Å². The van der Waals surface area contributed by atoms with Gasteiger partial charge in [-0.3, -0.25) is 4.79 Å². The minimum Gasteiger partial charge on any atom is -0.299 e. The summed E-state index contributed by atoms with van der Waals surface area (Å²) >= 11 is 7.14. The largest absolute Gasteiger partial charge is 0.389 e. The maximum atomic E-state index is 11.9. The molecule has 1 aromatic carbocycles. The van der Waals surface area contributed by atoms with Crippen molar-refractivity contribution < 1.29 is 18.0 Å². The maximum Gasteiger partial charge on any atom is 0.389 e. The number of thioether (sulfide) groups is 1. The number of carbonyl (C=O) groups excluding carboxylic acids is 1. The number of halogens is 4. The van der Waals surface area contributed by atoms with Crippen molar-refractivity contribution in [2.45, 2.75) is 30.3 Å². The highest BCUT2D eigenvalue weighted by Crippen LogP contribution is 2.27. The molecule has 1 nitrogen and oxygen atoms in total. The van der Waals surface area contributed by atoms with Crippen molar-refractivity contribution in [3.8, 4) is 0 Å². The fraction of sp³-hybridized carbons (Fsp3) is 0.417. The van der Waals surface area contributed by atoms with Gasteiger partial charge in [-0.05, 0) is 18.6 Å². The number of hydrogen-bond donors (Lipinski definition) is 0. The zero-order valence-corrected chi connectivity index (χ0v) is 11.0. The van der Waals surface area contributed by atoms with E-state index in [2.05, 4.69) is 0 Å². The van der Waals surface area contributed by atoms with E-state index in [0.717, 1.165) is 4.90 Å². The highest BCUT2D eigenvalue weighted by atomic mass is 35.5. The number of alkyl halides is 3. The van der Waals surface area contributed by atoms with E-state index in [0.29, 0.717) is 5.02 Å². The normalized spacial score (nSPS) is 11.6. The smallest absolute Gasteiger partial charge is 0.299 e. The maximum absolute atomic E-state index is 11.9. The van der Waals surface area contributed by atoms with Crippen LogP contribution in [0.2, 0.25) is 5.02 Å². The lowest BCUT2D eigenvalue weighted by Crippen LogP contribution is -2.09. The van der Waals surface area contributed by atoms with Crippen molar-refractivity contribution in [2.75, 3.05) is 5.75 Å². The van der Waals surface area contributed by atoms with Crippen LogP contribution in [0, 0.1) is 0 Å². The Balaban J connectivity index is 2.28. The molecular weight excluding hydrogens is 285 g/mol. The van der Waals surface area contributed by atoms with Gasteiger partial charge >= 0.3 is 6.18 Å². The molecule has 0 unspecified atom stereocenters. The number of ketones is 1. The molecule has 0 spiro atoms. The molecule has 1 rings (SSSR count). The van der Waals surface area contributed by atoms with Crippen LogP contribution in [0.5, 0.6) is 0 Å². The molecule has 0 aliphatic heterocycles. The zero-order chi connectivity index (χ0) is 13.6. The summed E-state index contributed by atoms with van der Waals surface area (Å²) in [6.07, 6.45) is -5.28. The molecule has 0 aromatic heterocycles. The van der Waals surface area contributed by atoms with E-state index in [9.17, 15) is 18.0 Å². The van der Waals surface area contributed by atoms with Crippen molar-refractivity contribution in [1.29, 1.82) is 0 Å². The first kappa shape index (κ1) is 15.4. The van der Waals surface area contributed by atoms with Gasteiger partial charge in [0.25, 0.3) is 0 Å². The number of benzene rings is 1. The zero-order valence-electron chi connectivity index (χ0n) is 9.47. The second-order valence-corrected chi connectivity index (χ2v) is 5.15. The topological polar surface area (TPSA) is 17.1 Å². The second-order valence-electron chi connectivity index (χ2n) is 3.73. The van der Waals surface area contributed by atoms with Gasteiger partial charge < -0.3 is 0 Å². The monoisotopic (exact) mass is 296 g/mol. The summed E-state index contributed by atoms with van der Waals surface area (Å²) < 4.78 is 35.6. The lowest BCUT2D eigenvalue weighted by Gasteiger charge is -2.05. The number of carbonyl (C=O) groups is 1. The highest BCUT2D eigenvalue weighted by molar-refractivity contribution is 8.00. The van der Waals surface area contributed by atoms with Gasteiger partial charge in [0, 0.05) is 17.7 Å². The molecule has 0 amide bonds. The number of rotatable bonds is 6. The van der Waals surface area contributed by atoms with Crippen LogP contribution in [0.1, 0.15) is 19.3 Å². The third-order valence-corrected chi connectivity index (χ3v) is 3.72. The third kappa shape index (κ3) is 6.31. The van der Waals surface area contributed by atoms with Crippen LogP contribution in [0.25, 0.3) is 0 Å². The van der Waals surface area contributed by atoms with Crippen LogP contribution < -0.4 is 0 Å². The molecule has 18 heavy (non-hydrogen) atoms. The van der Waals surface area contributed by atoms with Crippen molar-refractivity contribution in [3.63, 3.8) is 0 Å². The summed E-state index contributed by atoms with van der Waals surface area (Å²) in [5.74, 6) is -0.0362. The quantitative estimate of drug-likeness (QED) is 0.706. The van der Waals surface area contributed by atoms with Crippen LogP contribution in [0.3, 0.4) is 0 Å². The molecule has 100 valence electrons. The van der Waals surface area contributed by atoms with Crippen LogP contribution in [0.15, 0.2) is 29.2 Å². The molecule has 0 N–H and O–H groups in total. The molecule has 0 fully saturated rings. The standard InChI is InChI=1S/C12H12ClF3OS/c13-10-5-1-2-6-11(10)18-8-9(17)4-3-7-12(14,15)16/h1-2,5-6H,3-4,7-8H2. The summed E-state index contributed by atoms with van der Waals surface area (Å²) in [4.78, 5) is 12.1. The first-order chi connectivity index (χ1) is 8.38. The Morgan fingerprint density at radius 3 is 2.56 bits per heavy atom. The van der Waals surface area contributed by atoms with Gasteiger partial charge in [0.1, 0.15) is 5.78 Å². The Kier molecular flexibility index (Phi) is 6.02. The fourth-order valence-corrected chi connectivity index (χ4v) is 2.42. The van der Waals surface area contributed by atoms with Crippen molar-refractivity contribution in [1.82, 2.24) is 0 Å². The molecule has 0 aliphatic carbocycles. The van der Waals surface area contributed by atoms with Gasteiger partial charge in [-0.15, -0.1) is 11.8 Å². The third-order valence-electron chi connectivity index (χ3n) is 2.14. The van der Waals surface area contributed by atoms with Gasteiger partial charge in [-0.25, -0.2) is 0 Å². The average molecular weight is 297 g/mol. The van der Waals surface area contributed by atoms with E-state index >= 15 is 0 Å². The Hall–Kier alpha value is -0.680. The molecule has 0 bridgehead atoms. The molecule has 0 radical (unpaired) electrons. The second kappa shape index (κ2) is 7.04. The molecule has 0 saturated carbocycles. The predicted octanol–water partition coefficient (Wildman–Crippen LogP) is 4.73. The van der Waals surface area contributed by atoms with Crippen LogP contribution in [-0.2, 0) is 4.79 Å². The van der Waals surface area contributed by atoms with E-state index in [-0.39, 0.29) is 24.4 Å². The van der Waals surface area contributed by atoms with E-state index < -0.39 is 12.6 Å². The molecule has 1 aromatic rings. The molecule has 0 aliphatic rings. The lowest BCUT2D eigenvalue weighted by atomic mass is 10.2. The Bertz CT molecular complexity index is 407. The number of hydrogen-bond acceptors (Lipinski definition) is 2. The SMILES string of the molecule is O=C(CCCC(F)(F)F)CSc1ccccc1Cl. The summed E-state index contributed by atoms with van der Waals surface area (Å²) in [5.41, 5.74) is 0. The minimum atomic E-state index is -4.18. The van der Waals surface area contributed by atoms with Gasteiger partial charge in [0.15, 0.2) is 0 Å². The Morgan fingerprint density at radius 2 is 1.94 bits per heavy atom. The van der Waals surface area contributed by atoms with Crippen LogP contribution in [0.4, 0.5) is 13.2 Å². The first-order valence-electron chi connectivity index (χ1n) is 5.34. The molecule has 0 heterocycles. The van der Waals surface area contributed by atoms with E-state index in [1.165, 1.54) is 11.8 Å². The van der Waals surface area contributed by atoms with Crippen LogP contribution >= 0.6 is 23.4 Å². The first-order valence-corrected chi connectivity index (χ1v) is 6.70. The van der Waals surface area contributed by atoms with Crippen molar-refractivity contribution >= 4 is 29.1 Å². The number of Topliss-reactive ketones (excluding diaryl/α,β-unsaturated/α-hetero) is 1. The molecular formula is C12H12ClF3OS.